The summed E-state index contributed by atoms with van der Waals surface area (Å²) >= 11 is 0. The lowest BCUT2D eigenvalue weighted by molar-refractivity contribution is -0.146. The third-order valence-corrected chi connectivity index (χ3v) is 8.77. The van der Waals surface area contributed by atoms with Crippen molar-refractivity contribution in [1.82, 2.24) is 20.5 Å². The maximum atomic E-state index is 13.9. The molecule has 3 heterocycles. The zero-order chi connectivity index (χ0) is 27.5. The summed E-state index contributed by atoms with van der Waals surface area (Å²) in [6.45, 7) is 1.04. The lowest BCUT2D eigenvalue weighted by Gasteiger charge is -2.27. The predicted octanol–water partition coefficient (Wildman–Crippen LogP) is 2.77. The van der Waals surface area contributed by atoms with Crippen molar-refractivity contribution in [2.24, 2.45) is 17.8 Å². The fourth-order valence-corrected chi connectivity index (χ4v) is 6.64. The van der Waals surface area contributed by atoms with Crippen LogP contribution in [-0.4, -0.2) is 73.0 Å². The zero-order valence-corrected chi connectivity index (χ0v) is 22.7. The summed E-state index contributed by atoms with van der Waals surface area (Å²) in [6.07, 6.45) is 7.08. The number of aromatic nitrogens is 1. The van der Waals surface area contributed by atoms with Gasteiger partial charge in [0.25, 0.3) is 5.91 Å². The van der Waals surface area contributed by atoms with Gasteiger partial charge in [0.2, 0.25) is 11.8 Å². The van der Waals surface area contributed by atoms with Crippen LogP contribution >= 0.6 is 0 Å². The van der Waals surface area contributed by atoms with Crippen LogP contribution in [0.4, 0.5) is 0 Å². The fraction of sp³-hybridized carbons (Fsp3) is 0.586. The first-order valence-corrected chi connectivity index (χ1v) is 14.0. The Morgan fingerprint density at radius 1 is 1.10 bits per heavy atom. The van der Waals surface area contributed by atoms with Crippen molar-refractivity contribution in [2.75, 3.05) is 27.3 Å². The lowest BCUT2D eigenvalue weighted by Crippen LogP contribution is -2.51. The standard InChI is InChI=1S/C29H38N4O6/c1-38-25-10-6-9-21-20(25)15-22(31-21)28(36)33-16-19(17-7-4-3-5-8-17)14-24(33)27(35)32-23(29(37)39-2)13-18-11-12-30-26(18)34/h6,9-10,15,17-19,23-24,31H,3-5,7-8,11-14,16H2,1-2H3,(H,30,34)(H,32,35)/t18-,19+,23-,24-/m0/s1. The monoisotopic (exact) mass is 538 g/mol. The molecule has 2 aliphatic heterocycles. The van der Waals surface area contributed by atoms with Crippen LogP contribution in [0.25, 0.3) is 10.9 Å². The van der Waals surface area contributed by atoms with Gasteiger partial charge in [-0.1, -0.05) is 38.2 Å². The van der Waals surface area contributed by atoms with Gasteiger partial charge < -0.3 is 30.0 Å². The van der Waals surface area contributed by atoms with Gasteiger partial charge in [-0.05, 0) is 49.3 Å². The van der Waals surface area contributed by atoms with Gasteiger partial charge in [0.1, 0.15) is 23.5 Å². The van der Waals surface area contributed by atoms with Crippen LogP contribution in [0.2, 0.25) is 0 Å². The number of amides is 3. The number of fused-ring (bicyclic) bond motifs is 1. The van der Waals surface area contributed by atoms with Crippen molar-refractivity contribution in [1.29, 1.82) is 0 Å². The molecular weight excluding hydrogens is 500 g/mol. The molecule has 4 atom stereocenters. The van der Waals surface area contributed by atoms with E-state index in [1.165, 1.54) is 26.4 Å². The van der Waals surface area contributed by atoms with Gasteiger partial charge >= 0.3 is 5.97 Å². The molecule has 39 heavy (non-hydrogen) atoms. The first kappa shape index (κ1) is 27.0. The average molecular weight is 539 g/mol. The summed E-state index contributed by atoms with van der Waals surface area (Å²) in [7, 11) is 2.86. The predicted molar refractivity (Wildman–Crippen MR) is 144 cm³/mol. The van der Waals surface area contributed by atoms with Crippen molar-refractivity contribution in [3.63, 3.8) is 0 Å². The van der Waals surface area contributed by atoms with Crippen LogP contribution in [0.3, 0.4) is 0 Å². The zero-order valence-electron chi connectivity index (χ0n) is 22.7. The molecule has 1 aliphatic carbocycles. The Morgan fingerprint density at radius 2 is 1.90 bits per heavy atom. The van der Waals surface area contributed by atoms with Gasteiger partial charge in [0.15, 0.2) is 0 Å². The number of carbonyl (C=O) groups excluding carboxylic acids is 4. The van der Waals surface area contributed by atoms with Crippen molar-refractivity contribution in [3.05, 3.63) is 30.0 Å². The lowest BCUT2D eigenvalue weighted by atomic mass is 9.79. The van der Waals surface area contributed by atoms with Crippen molar-refractivity contribution < 1.29 is 28.7 Å². The molecule has 1 aromatic heterocycles. The number of benzene rings is 1. The highest BCUT2D eigenvalue weighted by Gasteiger charge is 2.44. The van der Waals surface area contributed by atoms with E-state index in [1.54, 1.807) is 18.1 Å². The van der Waals surface area contributed by atoms with E-state index >= 15 is 0 Å². The second-order valence-electron chi connectivity index (χ2n) is 11.1. The number of hydrogen-bond acceptors (Lipinski definition) is 6. The Morgan fingerprint density at radius 3 is 2.59 bits per heavy atom. The molecule has 210 valence electrons. The maximum Gasteiger partial charge on any atom is 0.328 e. The first-order chi connectivity index (χ1) is 18.9. The minimum absolute atomic E-state index is 0.123. The van der Waals surface area contributed by atoms with E-state index in [-0.39, 0.29) is 36.0 Å². The Kier molecular flexibility index (Phi) is 8.09. The van der Waals surface area contributed by atoms with Gasteiger partial charge in [0.05, 0.1) is 14.2 Å². The van der Waals surface area contributed by atoms with Gasteiger partial charge in [0, 0.05) is 29.9 Å². The third kappa shape index (κ3) is 5.60. The van der Waals surface area contributed by atoms with Crippen LogP contribution in [0.15, 0.2) is 24.3 Å². The number of carbonyl (C=O) groups is 4. The van der Waals surface area contributed by atoms with Gasteiger partial charge in [-0.2, -0.15) is 0 Å². The molecule has 0 bridgehead atoms. The minimum Gasteiger partial charge on any atom is -0.496 e. The first-order valence-electron chi connectivity index (χ1n) is 14.0. The Labute approximate surface area is 228 Å². The van der Waals surface area contributed by atoms with Crippen LogP contribution in [0.5, 0.6) is 5.75 Å². The molecule has 5 rings (SSSR count). The molecule has 2 saturated heterocycles. The second-order valence-corrected chi connectivity index (χ2v) is 11.1. The Balaban J connectivity index is 1.39. The molecule has 1 aromatic carbocycles. The van der Waals surface area contributed by atoms with Gasteiger partial charge in [-0.3, -0.25) is 14.4 Å². The number of aromatic amines is 1. The van der Waals surface area contributed by atoms with Crippen LogP contribution < -0.4 is 15.4 Å². The summed E-state index contributed by atoms with van der Waals surface area (Å²) in [6, 6.07) is 5.67. The van der Waals surface area contributed by atoms with E-state index in [4.69, 9.17) is 9.47 Å². The number of H-pyrrole nitrogens is 1. The van der Waals surface area contributed by atoms with Gasteiger partial charge in [-0.15, -0.1) is 0 Å². The quantitative estimate of drug-likeness (QED) is 0.443. The highest BCUT2D eigenvalue weighted by atomic mass is 16.5. The molecule has 10 nitrogen and oxygen atoms in total. The van der Waals surface area contributed by atoms with E-state index in [9.17, 15) is 19.2 Å². The van der Waals surface area contributed by atoms with E-state index in [0.29, 0.717) is 43.3 Å². The normalized spacial score (nSPS) is 24.4. The number of esters is 1. The summed E-state index contributed by atoms with van der Waals surface area (Å²) in [5.74, 6) is -0.384. The molecule has 0 radical (unpaired) electrons. The number of nitrogens with zero attached hydrogens (tertiary/aromatic N) is 1. The molecule has 0 spiro atoms. The third-order valence-electron chi connectivity index (χ3n) is 8.77. The molecule has 3 fully saturated rings. The number of hydrogen-bond donors (Lipinski definition) is 3. The molecule has 3 N–H and O–H groups in total. The SMILES string of the molecule is COC(=O)[C@H](C[C@@H]1CCNC1=O)NC(=O)[C@@H]1C[C@@H](C2CCCCC2)CN1C(=O)c1cc2c(OC)cccc2[nH]1. The highest BCUT2D eigenvalue weighted by molar-refractivity contribution is 6.02. The summed E-state index contributed by atoms with van der Waals surface area (Å²) < 4.78 is 10.4. The van der Waals surface area contributed by atoms with Gasteiger partial charge in [-0.25, -0.2) is 4.79 Å². The molecule has 10 heteroatoms. The number of ether oxygens (including phenoxy) is 2. The second kappa shape index (κ2) is 11.7. The summed E-state index contributed by atoms with van der Waals surface area (Å²) in [4.78, 5) is 57.2. The number of nitrogens with one attached hydrogen (secondary N) is 3. The van der Waals surface area contributed by atoms with Crippen LogP contribution in [0, 0.1) is 17.8 Å². The van der Waals surface area contributed by atoms with E-state index < -0.39 is 18.1 Å². The topological polar surface area (TPSA) is 130 Å². The number of likely N-dealkylation sites (tertiary alicyclic amines) is 1. The molecule has 3 amide bonds. The van der Waals surface area contributed by atoms with Crippen molar-refractivity contribution in [3.8, 4) is 5.75 Å². The van der Waals surface area contributed by atoms with E-state index in [1.807, 2.05) is 18.2 Å². The maximum absolute atomic E-state index is 13.9. The van der Waals surface area contributed by atoms with Crippen LogP contribution in [-0.2, 0) is 19.1 Å². The molecule has 0 unspecified atom stereocenters. The smallest absolute Gasteiger partial charge is 0.328 e. The molecule has 3 aliphatic rings. The van der Waals surface area contributed by atoms with Crippen molar-refractivity contribution >= 4 is 34.6 Å². The molecular formula is C29H38N4O6. The fourth-order valence-electron chi connectivity index (χ4n) is 6.64. The Hall–Kier alpha value is -3.56. The number of rotatable bonds is 8. The molecule has 1 saturated carbocycles. The minimum atomic E-state index is -0.959. The van der Waals surface area contributed by atoms with Crippen LogP contribution in [0.1, 0.15) is 61.9 Å². The summed E-state index contributed by atoms with van der Waals surface area (Å²) in [5, 5.41) is 6.42. The summed E-state index contributed by atoms with van der Waals surface area (Å²) in [5.41, 5.74) is 1.17. The largest absolute Gasteiger partial charge is 0.496 e. The van der Waals surface area contributed by atoms with E-state index in [0.717, 1.165) is 23.7 Å². The highest BCUT2D eigenvalue weighted by Crippen LogP contribution is 2.38. The number of methoxy groups -OCH3 is 2. The molecule has 2 aromatic rings. The average Bonchev–Trinajstić information content (AvgIpc) is 3.70. The van der Waals surface area contributed by atoms with E-state index in [2.05, 4.69) is 15.6 Å². The Bertz CT molecular complexity index is 1240. The van der Waals surface area contributed by atoms with Crippen molar-refractivity contribution in [2.45, 2.75) is 63.5 Å².